The summed E-state index contributed by atoms with van der Waals surface area (Å²) in [6, 6.07) is 4.19. The quantitative estimate of drug-likeness (QED) is 0.418. The molecule has 1 fully saturated rings. The van der Waals surface area contributed by atoms with Crippen molar-refractivity contribution in [2.75, 3.05) is 69.3 Å². The number of rotatable bonds is 4. The van der Waals surface area contributed by atoms with Crippen molar-refractivity contribution >= 4 is 34.6 Å². The lowest BCUT2D eigenvalue weighted by atomic mass is 10.0. The van der Waals surface area contributed by atoms with Crippen molar-refractivity contribution in [1.82, 2.24) is 15.0 Å². The number of ether oxygens (including phenoxy) is 2. The van der Waals surface area contributed by atoms with E-state index in [2.05, 4.69) is 42.1 Å². The standard InChI is InChI=1S/C19H25ClN6O.C3H6O2/c1-24(2)23-17-11-14(12-22-19(17)20)26-6-4-16-15(13-26)18(3-5-21-16)25-7-9-27-10-8-25;1-3(4)5-2/h3,5,11-12,23H,4,6-10,13H2,1-2H3;1-2H3. The zero-order valence-corrected chi connectivity index (χ0v) is 19.9. The highest BCUT2D eigenvalue weighted by atomic mass is 35.5. The molecular formula is C22H31ClN6O3. The molecule has 9 nitrogen and oxygen atoms in total. The number of nitrogens with zero attached hydrogens (tertiary/aromatic N) is 5. The number of morpholine rings is 1. The van der Waals surface area contributed by atoms with E-state index in [0.717, 1.165) is 57.2 Å². The van der Waals surface area contributed by atoms with Crippen LogP contribution in [-0.2, 0) is 27.2 Å². The van der Waals surface area contributed by atoms with E-state index in [1.54, 1.807) is 0 Å². The van der Waals surface area contributed by atoms with Gasteiger partial charge < -0.3 is 24.7 Å². The Morgan fingerprint density at radius 1 is 1.22 bits per heavy atom. The number of hydrogen-bond donors (Lipinski definition) is 1. The Morgan fingerprint density at radius 3 is 2.59 bits per heavy atom. The lowest BCUT2D eigenvalue weighted by molar-refractivity contribution is -0.137. The van der Waals surface area contributed by atoms with E-state index in [1.807, 2.05) is 31.5 Å². The second kappa shape index (κ2) is 11.3. The van der Waals surface area contributed by atoms with E-state index in [1.165, 1.54) is 31.0 Å². The maximum atomic E-state index is 9.59. The smallest absolute Gasteiger partial charge is 0.302 e. The van der Waals surface area contributed by atoms with Crippen molar-refractivity contribution in [1.29, 1.82) is 0 Å². The van der Waals surface area contributed by atoms with Gasteiger partial charge in [0.05, 0.1) is 37.9 Å². The average molecular weight is 463 g/mol. The number of methoxy groups -OCH3 is 1. The molecular weight excluding hydrogens is 432 g/mol. The van der Waals surface area contributed by atoms with Crippen LogP contribution in [0.25, 0.3) is 0 Å². The summed E-state index contributed by atoms with van der Waals surface area (Å²) < 4.78 is 9.62. The topological polar surface area (TPSA) is 83.1 Å². The summed E-state index contributed by atoms with van der Waals surface area (Å²) in [5, 5.41) is 2.33. The summed E-state index contributed by atoms with van der Waals surface area (Å²) >= 11 is 6.24. The number of fused-ring (bicyclic) bond motifs is 1. The van der Waals surface area contributed by atoms with Gasteiger partial charge in [0, 0.05) is 76.8 Å². The molecule has 0 atom stereocenters. The zero-order valence-electron chi connectivity index (χ0n) is 19.1. The molecule has 0 spiro atoms. The molecule has 0 aromatic carbocycles. The fourth-order valence-electron chi connectivity index (χ4n) is 3.67. The van der Waals surface area contributed by atoms with E-state index in [4.69, 9.17) is 16.3 Å². The van der Waals surface area contributed by atoms with Gasteiger partial charge in [-0.15, -0.1) is 0 Å². The van der Waals surface area contributed by atoms with Crippen LogP contribution in [0, 0.1) is 0 Å². The van der Waals surface area contributed by atoms with E-state index < -0.39 is 0 Å². The molecule has 0 radical (unpaired) electrons. The van der Waals surface area contributed by atoms with Crippen molar-refractivity contribution in [2.24, 2.45) is 0 Å². The largest absolute Gasteiger partial charge is 0.469 e. The second-order valence-electron chi connectivity index (χ2n) is 7.76. The maximum Gasteiger partial charge on any atom is 0.302 e. The molecule has 2 aromatic rings. The number of hydrazine groups is 1. The molecule has 4 rings (SSSR count). The Labute approximate surface area is 194 Å². The number of hydrogen-bond acceptors (Lipinski definition) is 9. The number of aromatic nitrogens is 2. The SMILES string of the molecule is CN(C)Nc1cc(N2CCc3nccc(N4CCOCC4)c3C2)cnc1Cl.COC(C)=O. The van der Waals surface area contributed by atoms with Crippen molar-refractivity contribution in [3.05, 3.63) is 40.9 Å². The molecule has 0 aliphatic carbocycles. The Bertz CT molecular complexity index is 921. The van der Waals surface area contributed by atoms with Crippen LogP contribution >= 0.6 is 11.6 Å². The minimum Gasteiger partial charge on any atom is -0.469 e. The van der Waals surface area contributed by atoms with E-state index >= 15 is 0 Å². The number of carbonyl (C=O) groups is 1. The zero-order chi connectivity index (χ0) is 23.1. The summed E-state index contributed by atoms with van der Waals surface area (Å²) in [5.74, 6) is -0.245. The third kappa shape index (κ3) is 6.21. The third-order valence-corrected chi connectivity index (χ3v) is 5.56. The van der Waals surface area contributed by atoms with Crippen LogP contribution in [0.3, 0.4) is 0 Å². The maximum absolute atomic E-state index is 9.59. The van der Waals surface area contributed by atoms with Crippen LogP contribution in [0.4, 0.5) is 17.1 Å². The highest BCUT2D eigenvalue weighted by Gasteiger charge is 2.24. The lowest BCUT2D eigenvalue weighted by Crippen LogP contribution is -2.39. The van der Waals surface area contributed by atoms with Crippen molar-refractivity contribution in [3.8, 4) is 0 Å². The van der Waals surface area contributed by atoms with Gasteiger partial charge in [-0.3, -0.25) is 9.78 Å². The highest BCUT2D eigenvalue weighted by molar-refractivity contribution is 6.32. The van der Waals surface area contributed by atoms with Crippen LogP contribution in [0.5, 0.6) is 0 Å². The van der Waals surface area contributed by atoms with E-state index in [-0.39, 0.29) is 5.97 Å². The summed E-state index contributed by atoms with van der Waals surface area (Å²) in [5.41, 5.74) is 8.87. The average Bonchev–Trinajstić information content (AvgIpc) is 2.80. The van der Waals surface area contributed by atoms with E-state index in [0.29, 0.717) is 5.15 Å². The summed E-state index contributed by atoms with van der Waals surface area (Å²) in [4.78, 5) is 23.3. The van der Waals surface area contributed by atoms with Crippen molar-refractivity contribution in [3.63, 3.8) is 0 Å². The number of nitrogens with one attached hydrogen (secondary N) is 1. The molecule has 4 heterocycles. The molecule has 0 saturated carbocycles. The van der Waals surface area contributed by atoms with Gasteiger partial charge in [0.25, 0.3) is 0 Å². The van der Waals surface area contributed by atoms with Crippen LogP contribution in [0.15, 0.2) is 24.5 Å². The number of esters is 1. The van der Waals surface area contributed by atoms with Gasteiger partial charge >= 0.3 is 5.97 Å². The molecule has 0 amide bonds. The predicted molar refractivity (Wildman–Crippen MR) is 126 cm³/mol. The first kappa shape index (κ1) is 24.0. The number of carbonyl (C=O) groups excluding carboxylic acids is 1. The fraction of sp³-hybridized carbons (Fsp3) is 0.500. The van der Waals surface area contributed by atoms with Gasteiger partial charge in [-0.1, -0.05) is 11.6 Å². The molecule has 0 unspecified atom stereocenters. The minimum atomic E-state index is -0.245. The Kier molecular flexibility index (Phi) is 8.49. The molecule has 10 heteroatoms. The van der Waals surface area contributed by atoms with Crippen molar-refractivity contribution in [2.45, 2.75) is 19.9 Å². The molecule has 2 aromatic heterocycles. The number of halogens is 1. The number of anilines is 3. The first-order chi connectivity index (χ1) is 15.4. The number of pyridine rings is 2. The van der Waals surface area contributed by atoms with E-state index in [9.17, 15) is 4.79 Å². The molecule has 2 aliphatic rings. The minimum absolute atomic E-state index is 0.245. The first-order valence-corrected chi connectivity index (χ1v) is 10.9. The summed E-state index contributed by atoms with van der Waals surface area (Å²) in [6.45, 7) is 6.51. The van der Waals surface area contributed by atoms with Gasteiger partial charge in [-0.2, -0.15) is 0 Å². The Balaban J connectivity index is 0.000000523. The predicted octanol–water partition coefficient (Wildman–Crippen LogP) is 2.60. The summed E-state index contributed by atoms with van der Waals surface area (Å²) in [6.07, 6.45) is 4.70. The summed E-state index contributed by atoms with van der Waals surface area (Å²) in [7, 11) is 5.21. The van der Waals surface area contributed by atoms with Crippen LogP contribution < -0.4 is 15.2 Å². The Hall–Kier alpha value is -2.62. The molecule has 32 heavy (non-hydrogen) atoms. The van der Waals surface area contributed by atoms with Crippen LogP contribution in [-0.4, -0.2) is 75.0 Å². The van der Waals surface area contributed by atoms with Gasteiger partial charge in [-0.25, -0.2) is 9.99 Å². The third-order valence-electron chi connectivity index (χ3n) is 5.26. The molecule has 2 aliphatic heterocycles. The Morgan fingerprint density at radius 2 is 1.94 bits per heavy atom. The molecule has 0 bridgehead atoms. The molecule has 174 valence electrons. The fourth-order valence-corrected chi connectivity index (χ4v) is 3.82. The second-order valence-corrected chi connectivity index (χ2v) is 8.12. The van der Waals surface area contributed by atoms with Crippen molar-refractivity contribution < 1.29 is 14.3 Å². The lowest BCUT2D eigenvalue weighted by Gasteiger charge is -2.36. The molecule has 1 N–H and O–H groups in total. The van der Waals surface area contributed by atoms with Gasteiger partial charge in [-0.05, 0) is 12.1 Å². The first-order valence-electron chi connectivity index (χ1n) is 10.6. The van der Waals surface area contributed by atoms with Gasteiger partial charge in [0.2, 0.25) is 0 Å². The molecule has 1 saturated heterocycles. The normalized spacial score (nSPS) is 15.6. The van der Waals surface area contributed by atoms with Gasteiger partial charge in [0.1, 0.15) is 0 Å². The highest BCUT2D eigenvalue weighted by Crippen LogP contribution is 2.32. The monoisotopic (exact) mass is 462 g/mol. The van der Waals surface area contributed by atoms with Crippen LogP contribution in [0.2, 0.25) is 5.15 Å². The van der Waals surface area contributed by atoms with Gasteiger partial charge in [0.15, 0.2) is 5.15 Å². The van der Waals surface area contributed by atoms with Crippen LogP contribution in [0.1, 0.15) is 18.2 Å².